The Morgan fingerprint density at radius 1 is 1.50 bits per heavy atom. The van der Waals surface area contributed by atoms with Crippen molar-refractivity contribution in [3.8, 4) is 0 Å². The third kappa shape index (κ3) is 2.70. The first kappa shape index (κ1) is 12.9. The Hall–Kier alpha value is -1.14. The summed E-state index contributed by atoms with van der Waals surface area (Å²) in [5.74, 6) is -1.65. The molecule has 0 aliphatic heterocycles. The van der Waals surface area contributed by atoms with Gasteiger partial charge >= 0.3 is 5.97 Å². The maximum atomic E-state index is 13.1. The molecule has 0 bridgehead atoms. The number of hydrogen-bond donors (Lipinski definition) is 1. The van der Waals surface area contributed by atoms with Crippen molar-refractivity contribution in [2.75, 3.05) is 6.26 Å². The van der Waals surface area contributed by atoms with Gasteiger partial charge in [-0.2, -0.15) is 0 Å². The highest BCUT2D eigenvalue weighted by Crippen LogP contribution is 2.27. The summed E-state index contributed by atoms with van der Waals surface area (Å²) < 4.78 is 35.4. The quantitative estimate of drug-likeness (QED) is 0.906. The van der Waals surface area contributed by atoms with E-state index in [1.165, 1.54) is 0 Å². The van der Waals surface area contributed by atoms with Gasteiger partial charge in [0.25, 0.3) is 0 Å². The minimum Gasteiger partial charge on any atom is -0.479 e. The minimum absolute atomic E-state index is 0.157. The highest BCUT2D eigenvalue weighted by Gasteiger charge is 2.21. The van der Waals surface area contributed by atoms with Crippen LogP contribution in [0.15, 0.2) is 23.1 Å². The summed E-state index contributed by atoms with van der Waals surface area (Å²) in [5, 5.41) is 8.23. The van der Waals surface area contributed by atoms with Crippen molar-refractivity contribution in [2.24, 2.45) is 0 Å². The number of aliphatic carboxylic acids is 1. The van der Waals surface area contributed by atoms with Crippen LogP contribution in [0.4, 0.5) is 4.39 Å². The van der Waals surface area contributed by atoms with Crippen LogP contribution in [0.3, 0.4) is 0 Å². The first-order valence-electron chi connectivity index (χ1n) is 4.10. The molecule has 7 heteroatoms. The number of benzene rings is 1. The molecule has 0 fully saturated rings. The molecule has 4 nitrogen and oxygen atoms in total. The first-order chi connectivity index (χ1) is 7.23. The summed E-state index contributed by atoms with van der Waals surface area (Å²) in [7, 11) is -3.50. The van der Waals surface area contributed by atoms with E-state index in [1.807, 2.05) is 0 Å². The van der Waals surface area contributed by atoms with Crippen LogP contribution < -0.4 is 0 Å². The van der Waals surface area contributed by atoms with Crippen molar-refractivity contribution in [1.29, 1.82) is 0 Å². The Balaban J connectivity index is 3.25. The predicted octanol–water partition coefficient (Wildman–Crippen LogP) is 1.84. The lowest BCUT2D eigenvalue weighted by atomic mass is 10.1. The molecule has 0 aliphatic carbocycles. The summed E-state index contributed by atoms with van der Waals surface area (Å²) in [6, 6.07) is 3.17. The Morgan fingerprint density at radius 3 is 2.44 bits per heavy atom. The zero-order valence-corrected chi connectivity index (χ0v) is 9.72. The largest absolute Gasteiger partial charge is 0.479 e. The number of hydrogen-bond acceptors (Lipinski definition) is 3. The molecule has 1 rings (SSSR count). The van der Waals surface area contributed by atoms with E-state index in [0.717, 1.165) is 24.5 Å². The summed E-state index contributed by atoms with van der Waals surface area (Å²) in [4.78, 5) is 10.2. The first-order valence-corrected chi connectivity index (χ1v) is 6.37. The number of carboxylic acids is 1. The lowest BCUT2D eigenvalue weighted by Gasteiger charge is -2.06. The highest BCUT2D eigenvalue weighted by atomic mass is 35.5. The van der Waals surface area contributed by atoms with Gasteiger partial charge in [-0.05, 0) is 17.7 Å². The molecule has 0 radical (unpaired) electrons. The van der Waals surface area contributed by atoms with Gasteiger partial charge < -0.3 is 5.11 Å². The lowest BCUT2D eigenvalue weighted by molar-refractivity contribution is -0.143. The molecule has 1 unspecified atom stereocenters. The third-order valence-corrected chi connectivity index (χ3v) is 3.44. The predicted molar refractivity (Wildman–Crippen MR) is 56.0 cm³/mol. The molecule has 1 aromatic rings. The molecule has 1 aromatic carbocycles. The third-order valence-electron chi connectivity index (χ3n) is 1.86. The van der Waals surface area contributed by atoms with Crippen LogP contribution in [0.25, 0.3) is 0 Å². The Kier molecular flexibility index (Phi) is 3.54. The molecule has 1 atom stereocenters. The van der Waals surface area contributed by atoms with E-state index in [0.29, 0.717) is 0 Å². The van der Waals surface area contributed by atoms with Gasteiger partial charge in [-0.25, -0.2) is 17.6 Å². The van der Waals surface area contributed by atoms with Crippen molar-refractivity contribution in [3.63, 3.8) is 0 Å². The van der Waals surface area contributed by atoms with Gasteiger partial charge in [-0.15, -0.1) is 0 Å². The van der Waals surface area contributed by atoms with E-state index >= 15 is 0 Å². The van der Waals surface area contributed by atoms with Crippen molar-refractivity contribution in [3.05, 3.63) is 28.8 Å². The fraction of sp³-hybridized carbons (Fsp3) is 0.222. The van der Waals surface area contributed by atoms with Gasteiger partial charge in [-0.1, -0.05) is 17.7 Å². The minimum atomic E-state index is -3.50. The Morgan fingerprint density at radius 2 is 2.06 bits per heavy atom. The number of sulfone groups is 1. The molecule has 0 amide bonds. The van der Waals surface area contributed by atoms with E-state index in [1.54, 1.807) is 0 Å². The van der Waals surface area contributed by atoms with Gasteiger partial charge in [0.2, 0.25) is 6.17 Å². The van der Waals surface area contributed by atoms with Crippen molar-refractivity contribution < 1.29 is 22.7 Å². The van der Waals surface area contributed by atoms with Crippen LogP contribution in [-0.2, 0) is 14.6 Å². The average Bonchev–Trinajstić information content (AvgIpc) is 2.14. The van der Waals surface area contributed by atoms with Gasteiger partial charge in [0, 0.05) is 6.26 Å². The average molecular weight is 267 g/mol. The summed E-state index contributed by atoms with van der Waals surface area (Å²) >= 11 is 5.62. The second-order valence-electron chi connectivity index (χ2n) is 3.16. The second-order valence-corrected chi connectivity index (χ2v) is 5.55. The fourth-order valence-electron chi connectivity index (χ4n) is 1.12. The maximum Gasteiger partial charge on any atom is 0.343 e. The molecular weight excluding hydrogens is 259 g/mol. The van der Waals surface area contributed by atoms with Crippen LogP contribution in [0.2, 0.25) is 5.02 Å². The molecule has 0 aliphatic rings. The van der Waals surface area contributed by atoms with Crippen molar-refractivity contribution in [1.82, 2.24) is 0 Å². The van der Waals surface area contributed by atoms with Gasteiger partial charge in [-0.3, -0.25) is 0 Å². The molecule has 0 spiro atoms. The normalized spacial score (nSPS) is 13.4. The summed E-state index contributed by atoms with van der Waals surface area (Å²) in [5.41, 5.74) is -0.190. The van der Waals surface area contributed by atoms with Gasteiger partial charge in [0.05, 0.1) is 9.92 Å². The molecule has 1 N–H and O–H groups in total. The number of carboxylic acid groups (broad SMARTS) is 1. The van der Waals surface area contributed by atoms with E-state index in [4.69, 9.17) is 16.7 Å². The van der Waals surface area contributed by atoms with Gasteiger partial charge in [0.1, 0.15) is 0 Å². The molecular formula is C9H8ClFO4S. The topological polar surface area (TPSA) is 71.4 Å². The molecule has 0 heterocycles. The van der Waals surface area contributed by atoms with Crippen LogP contribution in [0.1, 0.15) is 11.7 Å². The maximum absolute atomic E-state index is 13.1. The molecule has 16 heavy (non-hydrogen) atoms. The van der Waals surface area contributed by atoms with E-state index in [2.05, 4.69) is 0 Å². The van der Waals surface area contributed by atoms with E-state index in [-0.39, 0.29) is 15.5 Å². The van der Waals surface area contributed by atoms with E-state index < -0.39 is 22.0 Å². The van der Waals surface area contributed by atoms with E-state index in [9.17, 15) is 17.6 Å². The molecule has 88 valence electrons. The number of carbonyl (C=O) groups is 1. The van der Waals surface area contributed by atoms with Crippen LogP contribution in [-0.4, -0.2) is 25.7 Å². The van der Waals surface area contributed by atoms with Crippen molar-refractivity contribution in [2.45, 2.75) is 11.1 Å². The van der Waals surface area contributed by atoms with Crippen molar-refractivity contribution >= 4 is 27.4 Å². The highest BCUT2D eigenvalue weighted by molar-refractivity contribution is 7.90. The molecule has 0 saturated heterocycles. The number of rotatable bonds is 3. The monoisotopic (exact) mass is 266 g/mol. The smallest absolute Gasteiger partial charge is 0.343 e. The number of halogens is 2. The second kappa shape index (κ2) is 4.39. The fourth-order valence-corrected chi connectivity index (χ4v) is 2.46. The Bertz CT molecular complexity index is 526. The molecule has 0 saturated carbocycles. The summed E-state index contributed by atoms with van der Waals surface area (Å²) in [6.07, 6.45) is -1.26. The summed E-state index contributed by atoms with van der Waals surface area (Å²) in [6.45, 7) is 0. The van der Waals surface area contributed by atoms with Crippen LogP contribution >= 0.6 is 11.6 Å². The number of alkyl halides is 1. The van der Waals surface area contributed by atoms with Crippen LogP contribution in [0.5, 0.6) is 0 Å². The molecule has 0 aromatic heterocycles. The zero-order valence-electron chi connectivity index (χ0n) is 8.15. The van der Waals surface area contributed by atoms with Gasteiger partial charge in [0.15, 0.2) is 9.84 Å². The lowest BCUT2D eigenvalue weighted by Crippen LogP contribution is -2.07. The standard InChI is InChI=1S/C9H8ClFO4S/c1-16(14,15)7-3-2-5(4-6(7)10)8(11)9(12)13/h2-4,8H,1H3,(H,12,13). The Labute approximate surface area is 96.6 Å². The SMILES string of the molecule is CS(=O)(=O)c1ccc(C(F)C(=O)O)cc1Cl. The van der Waals surface area contributed by atoms with Crippen LogP contribution in [0, 0.1) is 0 Å². The zero-order chi connectivity index (χ0) is 12.5.